The van der Waals surface area contributed by atoms with Gasteiger partial charge in [-0.15, -0.1) is 0 Å². The molecule has 1 aliphatic heterocycles. The van der Waals surface area contributed by atoms with E-state index in [0.717, 1.165) is 4.31 Å². The van der Waals surface area contributed by atoms with E-state index in [1.54, 1.807) is 0 Å². The van der Waals surface area contributed by atoms with Gasteiger partial charge in [0.25, 0.3) is 0 Å². The molecule has 7 heteroatoms. The molecular weight excluding hydrogens is 208 g/mol. The van der Waals surface area contributed by atoms with Crippen LogP contribution < -0.4 is 5.73 Å². The minimum absolute atomic E-state index is 0.175. The summed E-state index contributed by atoms with van der Waals surface area (Å²) in [5.41, 5.74) is 5.54. The highest BCUT2D eigenvalue weighted by molar-refractivity contribution is 7.90. The quantitative estimate of drug-likeness (QED) is 0.626. The van der Waals surface area contributed by atoms with Crippen molar-refractivity contribution >= 4 is 16.0 Å². The highest BCUT2D eigenvalue weighted by Crippen LogP contribution is 2.16. The van der Waals surface area contributed by atoms with E-state index in [1.807, 2.05) is 0 Å². The summed E-state index contributed by atoms with van der Waals surface area (Å²) in [6.45, 7) is 1.71. The first-order chi connectivity index (χ1) is 6.35. The molecule has 6 nitrogen and oxygen atoms in total. The number of carboxylic acids is 1. The van der Waals surface area contributed by atoms with Gasteiger partial charge in [-0.05, 0) is 13.3 Å². The fraction of sp³-hybridized carbons (Fsp3) is 0.857. The predicted octanol–water partition coefficient (Wildman–Crippen LogP) is -1.18. The normalized spacial score (nSPS) is 26.3. The number of nitrogens with zero attached hydrogens (tertiary/aromatic N) is 1. The average molecular weight is 222 g/mol. The molecule has 1 aliphatic rings. The van der Waals surface area contributed by atoms with E-state index in [4.69, 9.17) is 10.8 Å². The molecule has 0 saturated carbocycles. The Morgan fingerprint density at radius 2 is 2.21 bits per heavy atom. The van der Waals surface area contributed by atoms with Crippen LogP contribution in [0.1, 0.15) is 13.3 Å². The third-order valence-electron chi connectivity index (χ3n) is 2.34. The topological polar surface area (TPSA) is 101 Å². The van der Waals surface area contributed by atoms with E-state index >= 15 is 0 Å². The van der Waals surface area contributed by atoms with Crippen molar-refractivity contribution in [1.82, 2.24) is 4.31 Å². The Bertz CT molecular complexity index is 327. The molecule has 0 radical (unpaired) electrons. The molecule has 0 aliphatic carbocycles. The molecule has 14 heavy (non-hydrogen) atoms. The molecular formula is C7H14N2O4S. The van der Waals surface area contributed by atoms with Crippen molar-refractivity contribution in [2.45, 2.75) is 24.6 Å². The van der Waals surface area contributed by atoms with Crippen molar-refractivity contribution in [1.29, 1.82) is 0 Å². The Morgan fingerprint density at radius 1 is 1.64 bits per heavy atom. The predicted molar refractivity (Wildman–Crippen MR) is 50.2 cm³/mol. The van der Waals surface area contributed by atoms with Crippen molar-refractivity contribution in [2.24, 2.45) is 5.73 Å². The molecule has 2 atom stereocenters. The van der Waals surface area contributed by atoms with E-state index in [1.165, 1.54) is 6.92 Å². The van der Waals surface area contributed by atoms with Crippen molar-refractivity contribution in [3.8, 4) is 0 Å². The lowest BCUT2D eigenvalue weighted by molar-refractivity contribution is -0.136. The number of carboxylic acid groups (broad SMARTS) is 1. The van der Waals surface area contributed by atoms with Gasteiger partial charge in [0, 0.05) is 19.1 Å². The number of hydrogen-bond acceptors (Lipinski definition) is 4. The van der Waals surface area contributed by atoms with E-state index < -0.39 is 21.2 Å². The van der Waals surface area contributed by atoms with Crippen LogP contribution >= 0.6 is 0 Å². The Kier molecular flexibility index (Phi) is 3.13. The third kappa shape index (κ3) is 2.05. The van der Waals surface area contributed by atoms with E-state index in [2.05, 4.69) is 0 Å². The fourth-order valence-electron chi connectivity index (χ4n) is 1.34. The van der Waals surface area contributed by atoms with Crippen LogP contribution in [-0.4, -0.2) is 48.2 Å². The summed E-state index contributed by atoms with van der Waals surface area (Å²) in [7, 11) is -3.72. The van der Waals surface area contributed by atoms with Crippen molar-refractivity contribution < 1.29 is 18.3 Å². The van der Waals surface area contributed by atoms with Gasteiger partial charge in [0.15, 0.2) is 5.25 Å². The van der Waals surface area contributed by atoms with Crippen molar-refractivity contribution in [3.05, 3.63) is 0 Å². The second-order valence-corrected chi connectivity index (χ2v) is 5.69. The smallest absolute Gasteiger partial charge is 0.323 e. The van der Waals surface area contributed by atoms with Crippen LogP contribution in [0.25, 0.3) is 0 Å². The maximum atomic E-state index is 11.6. The summed E-state index contributed by atoms with van der Waals surface area (Å²) < 4.78 is 24.4. The molecule has 0 aromatic rings. The summed E-state index contributed by atoms with van der Waals surface area (Å²) in [5, 5.41) is 7.21. The number of sulfonamides is 1. The van der Waals surface area contributed by atoms with Gasteiger partial charge < -0.3 is 10.8 Å². The van der Waals surface area contributed by atoms with Crippen LogP contribution in [0.15, 0.2) is 0 Å². The minimum atomic E-state index is -3.72. The fourth-order valence-corrected chi connectivity index (χ4v) is 2.80. The molecule has 1 fully saturated rings. The van der Waals surface area contributed by atoms with Crippen molar-refractivity contribution in [2.75, 3.05) is 13.1 Å². The van der Waals surface area contributed by atoms with Gasteiger partial charge in [0.05, 0.1) is 0 Å². The first-order valence-corrected chi connectivity index (χ1v) is 5.83. The van der Waals surface area contributed by atoms with Gasteiger partial charge in [-0.2, -0.15) is 4.31 Å². The second kappa shape index (κ2) is 3.84. The lowest BCUT2D eigenvalue weighted by atomic mass is 10.3. The van der Waals surface area contributed by atoms with Gasteiger partial charge >= 0.3 is 5.97 Å². The van der Waals surface area contributed by atoms with E-state index in [-0.39, 0.29) is 12.6 Å². The summed E-state index contributed by atoms with van der Waals surface area (Å²) >= 11 is 0. The van der Waals surface area contributed by atoms with Crippen LogP contribution in [0.3, 0.4) is 0 Å². The van der Waals surface area contributed by atoms with Gasteiger partial charge in [-0.3, -0.25) is 4.79 Å². The Hall–Kier alpha value is -0.660. The molecule has 0 aromatic carbocycles. The monoisotopic (exact) mass is 222 g/mol. The Labute approximate surface area is 82.7 Å². The third-order valence-corrected chi connectivity index (χ3v) is 4.49. The number of rotatable bonds is 3. The minimum Gasteiger partial charge on any atom is -0.480 e. The zero-order chi connectivity index (χ0) is 10.9. The van der Waals surface area contributed by atoms with Gasteiger partial charge in [0.2, 0.25) is 10.0 Å². The number of hydrogen-bond donors (Lipinski definition) is 2. The SMILES string of the molecule is CC(C(=O)O)S(=O)(=O)N1CCC(N)C1. The zero-order valence-electron chi connectivity index (χ0n) is 7.88. The summed E-state index contributed by atoms with van der Waals surface area (Å²) in [4.78, 5) is 10.5. The lowest BCUT2D eigenvalue weighted by Gasteiger charge is -2.18. The van der Waals surface area contributed by atoms with Crippen LogP contribution in [0.2, 0.25) is 0 Å². The van der Waals surface area contributed by atoms with E-state index in [9.17, 15) is 13.2 Å². The van der Waals surface area contributed by atoms with Gasteiger partial charge in [-0.25, -0.2) is 8.42 Å². The maximum absolute atomic E-state index is 11.6. The lowest BCUT2D eigenvalue weighted by Crippen LogP contribution is -2.40. The molecule has 0 aromatic heterocycles. The van der Waals surface area contributed by atoms with Gasteiger partial charge in [-0.1, -0.05) is 0 Å². The number of aliphatic carboxylic acids is 1. The summed E-state index contributed by atoms with van der Waals surface area (Å²) in [6.07, 6.45) is 0.589. The van der Waals surface area contributed by atoms with Gasteiger partial charge in [0.1, 0.15) is 0 Å². The standard InChI is InChI=1S/C7H14N2O4S/c1-5(7(10)11)14(12,13)9-3-2-6(8)4-9/h5-6H,2-4,8H2,1H3,(H,10,11). The molecule has 1 saturated heterocycles. The summed E-state index contributed by atoms with van der Waals surface area (Å²) in [6, 6.07) is -0.175. The van der Waals surface area contributed by atoms with Crippen molar-refractivity contribution in [3.63, 3.8) is 0 Å². The van der Waals surface area contributed by atoms with Crippen LogP contribution in [0.5, 0.6) is 0 Å². The number of nitrogens with two attached hydrogens (primary N) is 1. The molecule has 2 unspecified atom stereocenters. The molecule has 82 valence electrons. The largest absolute Gasteiger partial charge is 0.480 e. The number of carbonyl (C=O) groups is 1. The highest BCUT2D eigenvalue weighted by Gasteiger charge is 2.37. The molecule has 1 rings (SSSR count). The molecule has 1 heterocycles. The first-order valence-electron chi connectivity index (χ1n) is 4.33. The molecule has 0 amide bonds. The van der Waals surface area contributed by atoms with E-state index in [0.29, 0.717) is 13.0 Å². The average Bonchev–Trinajstić information content (AvgIpc) is 2.50. The Morgan fingerprint density at radius 3 is 2.57 bits per heavy atom. The molecule has 0 bridgehead atoms. The maximum Gasteiger partial charge on any atom is 0.323 e. The first kappa shape index (κ1) is 11.4. The Balaban J connectivity index is 2.81. The summed E-state index contributed by atoms with van der Waals surface area (Å²) in [5.74, 6) is -1.33. The second-order valence-electron chi connectivity index (χ2n) is 3.43. The molecule has 3 N–H and O–H groups in total. The van der Waals surface area contributed by atoms with Crippen LogP contribution in [-0.2, 0) is 14.8 Å². The van der Waals surface area contributed by atoms with Crippen LogP contribution in [0.4, 0.5) is 0 Å². The van der Waals surface area contributed by atoms with Crippen LogP contribution in [0, 0.1) is 0 Å². The molecule has 0 spiro atoms. The highest BCUT2D eigenvalue weighted by atomic mass is 32.2. The zero-order valence-corrected chi connectivity index (χ0v) is 8.70.